The maximum Gasteiger partial charge on any atom is 1.00 e. The van der Waals surface area contributed by atoms with Crippen LogP contribution in [0.15, 0.2) is 54.1 Å². The maximum atomic E-state index is 14.3. The number of hydrogen-bond acceptors (Lipinski definition) is 6. The molecule has 7 nitrogen and oxygen atoms in total. The van der Waals surface area contributed by atoms with Crippen molar-refractivity contribution >= 4 is 11.9 Å². The Hall–Kier alpha value is -2.36. The van der Waals surface area contributed by atoms with Gasteiger partial charge in [-0.3, -0.25) is 9.98 Å². The van der Waals surface area contributed by atoms with E-state index in [4.69, 9.17) is 15.5 Å². The van der Waals surface area contributed by atoms with Crippen molar-refractivity contribution in [1.29, 1.82) is 0 Å². The fourth-order valence-corrected chi connectivity index (χ4v) is 4.39. The van der Waals surface area contributed by atoms with Gasteiger partial charge in [0.2, 0.25) is 0 Å². The molecule has 1 fully saturated rings. The maximum absolute atomic E-state index is 14.3. The number of methoxy groups -OCH3 is 1. The van der Waals surface area contributed by atoms with E-state index in [2.05, 4.69) is 54.4 Å². The van der Waals surface area contributed by atoms with E-state index >= 15 is 0 Å². The zero-order valence-electron chi connectivity index (χ0n) is 30.9. The van der Waals surface area contributed by atoms with Crippen molar-refractivity contribution < 1.29 is 60.5 Å². The molecule has 0 radical (unpaired) electrons. The van der Waals surface area contributed by atoms with E-state index in [1.165, 1.54) is 25.5 Å². The van der Waals surface area contributed by atoms with Gasteiger partial charge in [0.15, 0.2) is 0 Å². The molecule has 0 amide bonds. The number of nitrogens with zero attached hydrogens (tertiary/aromatic N) is 3. The molecule has 0 spiro atoms. The molecule has 5 N–H and O–H groups in total. The van der Waals surface area contributed by atoms with Crippen LogP contribution in [0.3, 0.4) is 0 Å². The molecule has 2 heterocycles. The third-order valence-corrected chi connectivity index (χ3v) is 6.59. The van der Waals surface area contributed by atoms with Crippen molar-refractivity contribution in [3.8, 4) is 17.0 Å². The monoisotopic (exact) mass is 672 g/mol. The van der Waals surface area contributed by atoms with Crippen molar-refractivity contribution in [2.45, 2.75) is 87.0 Å². The van der Waals surface area contributed by atoms with Crippen LogP contribution in [-0.2, 0) is 0 Å². The standard InChI is InChI=1S/C20H21FN3.C12H18N2O.C3H8.C2H6.CH3.K.H2N/c1-4-9-22-11-16(15-6-7-15)18-8-5-13(2)20(24-18)19-14(3)10-23-12-17(19)21;1-4-5-14-8-10-6-9(2)7-11(15-3)12(10)13;1-3-2;1-2;;;/h8-10,12,15-16,22H,1,6-7,11H2,2-3H3;6-8H,4-5,13H2,1-3H3;3H2,1-2H3;1-2H3;1H3;;1H2/q-1;;;;-1;+1;-1. The molecule has 1 aromatic carbocycles. The molecular weight excluding hydrogens is 615 g/mol. The Kier molecular flexibility index (Phi) is 28.8. The number of pyridine rings is 2. The summed E-state index contributed by atoms with van der Waals surface area (Å²) in [5.74, 6) is 1.28. The molecule has 4 rings (SSSR count). The predicted octanol–water partition coefficient (Wildman–Crippen LogP) is 7.11. The molecular formula is C38H58FKN6O-2. The number of nitrogens with two attached hydrogens (primary N) is 2. The normalized spacial score (nSPS) is 11.5. The van der Waals surface area contributed by atoms with Gasteiger partial charge in [0.05, 0.1) is 19.0 Å². The number of hydrogen-bond donors (Lipinski definition) is 2. The van der Waals surface area contributed by atoms with Gasteiger partial charge in [-0.15, -0.1) is 11.3 Å². The molecule has 1 aliphatic rings. The summed E-state index contributed by atoms with van der Waals surface area (Å²) >= 11 is 0. The van der Waals surface area contributed by atoms with Gasteiger partial charge in [-0.1, -0.05) is 73.1 Å². The van der Waals surface area contributed by atoms with Gasteiger partial charge in [-0.2, -0.15) is 12.1 Å². The number of nitrogens with one attached hydrogen (secondary N) is 1. The van der Waals surface area contributed by atoms with Gasteiger partial charge in [0.1, 0.15) is 11.6 Å². The van der Waals surface area contributed by atoms with Crippen LogP contribution in [0.4, 0.5) is 10.1 Å². The molecule has 2 aromatic heterocycles. The minimum absolute atomic E-state index is 0. The summed E-state index contributed by atoms with van der Waals surface area (Å²) in [7, 11) is 1.62. The van der Waals surface area contributed by atoms with Crippen LogP contribution in [-0.4, -0.2) is 36.4 Å². The van der Waals surface area contributed by atoms with Gasteiger partial charge in [-0.25, -0.2) is 4.39 Å². The SMILES string of the molecule is C=C=CNCC(c1c[c-]c(C)c(-c2c(C)cncc2F)n1)C1CC1.CC.CCC.CCCN=Cc1cc(C)cc(OC)c1N.[CH3-].[K+].[NH2-]. The van der Waals surface area contributed by atoms with Crippen LogP contribution in [0.25, 0.3) is 17.4 Å². The Morgan fingerprint density at radius 1 is 1.19 bits per heavy atom. The van der Waals surface area contributed by atoms with E-state index < -0.39 is 0 Å². The fraction of sp³-hybridized carbons (Fsp3) is 0.447. The Morgan fingerprint density at radius 2 is 1.83 bits per heavy atom. The van der Waals surface area contributed by atoms with Crippen molar-refractivity contribution in [3.05, 3.63) is 103 Å². The summed E-state index contributed by atoms with van der Waals surface area (Å²) in [6, 6.07) is 9.13. The first-order valence-corrected chi connectivity index (χ1v) is 15.7. The van der Waals surface area contributed by atoms with Crippen molar-refractivity contribution in [1.82, 2.24) is 15.3 Å². The molecule has 1 unspecified atom stereocenters. The minimum atomic E-state index is -0.341. The zero-order valence-corrected chi connectivity index (χ0v) is 34.1. The quantitative estimate of drug-likeness (QED) is 0.0783. The summed E-state index contributed by atoms with van der Waals surface area (Å²) in [4.78, 5) is 13.0. The van der Waals surface area contributed by atoms with Gasteiger partial charge in [0, 0.05) is 37.3 Å². The number of benzene rings is 1. The molecule has 0 saturated heterocycles. The summed E-state index contributed by atoms with van der Waals surface area (Å²) in [5.41, 5.74) is 15.1. The molecule has 1 aliphatic carbocycles. The molecule has 1 atom stereocenters. The Labute approximate surface area is 328 Å². The topological polar surface area (TPSA) is 119 Å². The van der Waals surface area contributed by atoms with E-state index in [0.29, 0.717) is 28.6 Å². The first-order valence-electron chi connectivity index (χ1n) is 15.7. The second-order valence-electron chi connectivity index (χ2n) is 10.5. The minimum Gasteiger partial charge on any atom is -0.693 e. The largest absolute Gasteiger partial charge is 1.00 e. The molecule has 0 bridgehead atoms. The fourth-order valence-electron chi connectivity index (χ4n) is 4.39. The van der Waals surface area contributed by atoms with E-state index in [0.717, 1.165) is 47.5 Å². The molecule has 0 aliphatic heterocycles. The molecule has 1 saturated carbocycles. The number of anilines is 1. The Morgan fingerprint density at radius 3 is 2.36 bits per heavy atom. The zero-order chi connectivity index (χ0) is 33.1. The summed E-state index contributed by atoms with van der Waals surface area (Å²) in [6.45, 7) is 21.3. The van der Waals surface area contributed by atoms with Crippen molar-refractivity contribution in [3.63, 3.8) is 0 Å². The number of ether oxygens (including phenoxy) is 1. The number of aliphatic imine (C=N–C) groups is 1. The van der Waals surface area contributed by atoms with Crippen LogP contribution < -0.4 is 67.2 Å². The van der Waals surface area contributed by atoms with Crippen LogP contribution in [0.1, 0.15) is 94.2 Å². The van der Waals surface area contributed by atoms with Gasteiger partial charge >= 0.3 is 51.4 Å². The molecule has 9 heteroatoms. The Bertz CT molecular complexity index is 1350. The average molecular weight is 673 g/mol. The summed E-state index contributed by atoms with van der Waals surface area (Å²) < 4.78 is 19.5. The molecule has 3 aromatic rings. The average Bonchev–Trinajstić information content (AvgIpc) is 3.85. The van der Waals surface area contributed by atoms with E-state index in [1.54, 1.807) is 19.5 Å². The first-order chi connectivity index (χ1) is 21.2. The number of aryl methyl sites for hydroxylation is 3. The van der Waals surface area contributed by atoms with Gasteiger partial charge in [-0.05, 0) is 66.6 Å². The third-order valence-electron chi connectivity index (χ3n) is 6.59. The van der Waals surface area contributed by atoms with Crippen LogP contribution in [0.5, 0.6) is 5.75 Å². The van der Waals surface area contributed by atoms with E-state index in [9.17, 15) is 4.39 Å². The smallest absolute Gasteiger partial charge is 0.693 e. The molecule has 47 heavy (non-hydrogen) atoms. The molecule has 256 valence electrons. The van der Waals surface area contributed by atoms with Gasteiger partial charge < -0.3 is 34.3 Å². The van der Waals surface area contributed by atoms with Crippen molar-refractivity contribution in [2.24, 2.45) is 10.9 Å². The van der Waals surface area contributed by atoms with E-state index in [1.807, 2.05) is 59.0 Å². The van der Waals surface area contributed by atoms with E-state index in [-0.39, 0.29) is 76.7 Å². The van der Waals surface area contributed by atoms with Crippen molar-refractivity contribution in [2.75, 3.05) is 25.9 Å². The predicted molar refractivity (Wildman–Crippen MR) is 197 cm³/mol. The van der Waals surface area contributed by atoms with Crippen LogP contribution in [0, 0.1) is 46.0 Å². The Balaban J connectivity index is -0.000000733. The number of aromatic nitrogens is 2. The first kappa shape index (κ1) is 49.0. The second-order valence-corrected chi connectivity index (χ2v) is 10.5. The van der Waals surface area contributed by atoms with Crippen LogP contribution >= 0.6 is 0 Å². The summed E-state index contributed by atoms with van der Waals surface area (Å²) in [5, 5.41) is 3.22. The number of halogens is 1. The number of nitrogen functional groups attached to an aromatic ring is 1. The van der Waals surface area contributed by atoms with Crippen LogP contribution in [0.2, 0.25) is 0 Å². The third kappa shape index (κ3) is 16.5. The van der Waals surface area contributed by atoms with Gasteiger partial charge in [0.25, 0.3) is 0 Å². The second kappa shape index (κ2) is 27.6. The number of rotatable bonds is 10. The summed E-state index contributed by atoms with van der Waals surface area (Å²) in [6.07, 6.45) is 11.1.